The monoisotopic (exact) mass is 250 g/mol. The predicted molar refractivity (Wildman–Crippen MR) is 73.5 cm³/mol. The third-order valence-electron chi connectivity index (χ3n) is 4.20. The van der Waals surface area contributed by atoms with Gasteiger partial charge >= 0.3 is 0 Å². The van der Waals surface area contributed by atoms with Crippen LogP contribution in [0.2, 0.25) is 0 Å². The molecule has 18 heavy (non-hydrogen) atoms. The summed E-state index contributed by atoms with van der Waals surface area (Å²) in [6.07, 6.45) is 6.68. The molecule has 0 bridgehead atoms. The van der Waals surface area contributed by atoms with Crippen molar-refractivity contribution < 1.29 is 0 Å². The van der Waals surface area contributed by atoms with E-state index < -0.39 is 0 Å². The summed E-state index contributed by atoms with van der Waals surface area (Å²) < 4.78 is 2.06. The zero-order chi connectivity index (χ0) is 13.1. The molecule has 1 heterocycles. The van der Waals surface area contributed by atoms with Crippen LogP contribution >= 0.6 is 0 Å². The summed E-state index contributed by atoms with van der Waals surface area (Å²) in [5.74, 6) is 2.68. The normalized spacial score (nSPS) is 28.8. The molecule has 1 aliphatic carbocycles. The van der Waals surface area contributed by atoms with E-state index in [4.69, 9.17) is 0 Å². The lowest BCUT2D eigenvalue weighted by Gasteiger charge is -2.34. The van der Waals surface area contributed by atoms with Crippen LogP contribution < -0.4 is 5.32 Å². The van der Waals surface area contributed by atoms with Crippen molar-refractivity contribution in [3.63, 3.8) is 0 Å². The van der Waals surface area contributed by atoms with Gasteiger partial charge in [-0.15, -0.1) is 0 Å². The Morgan fingerprint density at radius 3 is 2.89 bits per heavy atom. The van der Waals surface area contributed by atoms with Crippen LogP contribution in [0.25, 0.3) is 0 Å². The molecule has 4 nitrogen and oxygen atoms in total. The Bertz CT molecular complexity index is 372. The number of nitrogens with zero attached hydrogens (tertiary/aromatic N) is 3. The third-order valence-corrected chi connectivity index (χ3v) is 4.20. The Morgan fingerprint density at radius 1 is 1.44 bits per heavy atom. The van der Waals surface area contributed by atoms with Crippen molar-refractivity contribution in [2.24, 2.45) is 11.8 Å². The van der Waals surface area contributed by atoms with E-state index in [-0.39, 0.29) is 0 Å². The number of hydrogen-bond acceptors (Lipinski definition) is 3. The molecule has 102 valence electrons. The van der Waals surface area contributed by atoms with Crippen molar-refractivity contribution in [1.29, 1.82) is 0 Å². The summed E-state index contributed by atoms with van der Waals surface area (Å²) in [6, 6.07) is 1.04. The SMILES string of the molecule is CNC1CCC(C)CC1Cc1ncnn1C(C)C. The second-order valence-electron chi connectivity index (χ2n) is 5.99. The highest BCUT2D eigenvalue weighted by Crippen LogP contribution is 2.31. The van der Waals surface area contributed by atoms with E-state index in [0.717, 1.165) is 18.2 Å². The molecule has 1 aromatic rings. The number of hydrogen-bond donors (Lipinski definition) is 1. The minimum atomic E-state index is 0.400. The summed E-state index contributed by atoms with van der Waals surface area (Å²) >= 11 is 0. The fourth-order valence-electron chi connectivity index (χ4n) is 3.19. The van der Waals surface area contributed by atoms with Crippen molar-refractivity contribution in [2.75, 3.05) is 7.05 Å². The highest BCUT2D eigenvalue weighted by atomic mass is 15.3. The first-order chi connectivity index (χ1) is 8.61. The Morgan fingerprint density at radius 2 is 2.22 bits per heavy atom. The molecule has 1 aromatic heterocycles. The van der Waals surface area contributed by atoms with Gasteiger partial charge in [-0.2, -0.15) is 5.10 Å². The molecule has 0 amide bonds. The first kappa shape index (κ1) is 13.5. The first-order valence-corrected chi connectivity index (χ1v) is 7.17. The number of nitrogens with one attached hydrogen (secondary N) is 1. The van der Waals surface area contributed by atoms with Crippen molar-refractivity contribution in [2.45, 2.75) is 58.5 Å². The van der Waals surface area contributed by atoms with Gasteiger partial charge in [-0.3, -0.25) is 0 Å². The quantitative estimate of drug-likeness (QED) is 0.892. The zero-order valence-electron chi connectivity index (χ0n) is 12.1. The van der Waals surface area contributed by atoms with Gasteiger partial charge in [0.25, 0.3) is 0 Å². The lowest BCUT2D eigenvalue weighted by Crippen LogP contribution is -2.39. The van der Waals surface area contributed by atoms with Gasteiger partial charge in [0.1, 0.15) is 12.2 Å². The molecule has 2 rings (SSSR count). The van der Waals surface area contributed by atoms with E-state index in [1.165, 1.54) is 19.3 Å². The molecule has 0 spiro atoms. The molecule has 3 atom stereocenters. The third kappa shape index (κ3) is 2.91. The van der Waals surface area contributed by atoms with Gasteiger partial charge in [-0.05, 0) is 52.0 Å². The second kappa shape index (κ2) is 5.83. The van der Waals surface area contributed by atoms with E-state index in [2.05, 4.69) is 47.9 Å². The summed E-state index contributed by atoms with van der Waals surface area (Å²) in [6.45, 7) is 6.69. The second-order valence-corrected chi connectivity index (χ2v) is 5.99. The minimum absolute atomic E-state index is 0.400. The standard InChI is InChI=1S/C14H26N4/c1-10(2)18-14(16-9-17-18)8-12-7-11(3)5-6-13(12)15-4/h9-13,15H,5-8H2,1-4H3. The maximum atomic E-state index is 4.45. The molecule has 4 heteroatoms. The summed E-state index contributed by atoms with van der Waals surface area (Å²) in [5, 5.41) is 7.81. The Hall–Kier alpha value is -0.900. The van der Waals surface area contributed by atoms with Gasteiger partial charge in [0, 0.05) is 18.5 Å². The molecule has 0 aromatic carbocycles. The number of aromatic nitrogens is 3. The zero-order valence-corrected chi connectivity index (χ0v) is 12.1. The van der Waals surface area contributed by atoms with Gasteiger partial charge in [0.05, 0.1) is 0 Å². The van der Waals surface area contributed by atoms with E-state index in [1.807, 2.05) is 0 Å². The van der Waals surface area contributed by atoms with Crippen LogP contribution in [0.5, 0.6) is 0 Å². The molecule has 0 saturated heterocycles. The lowest BCUT2D eigenvalue weighted by molar-refractivity contribution is 0.215. The van der Waals surface area contributed by atoms with Gasteiger partial charge in [0.2, 0.25) is 0 Å². The fourth-order valence-corrected chi connectivity index (χ4v) is 3.19. The van der Waals surface area contributed by atoms with E-state index in [0.29, 0.717) is 18.0 Å². The largest absolute Gasteiger partial charge is 0.317 e. The minimum Gasteiger partial charge on any atom is -0.317 e. The van der Waals surface area contributed by atoms with Gasteiger partial charge in [-0.25, -0.2) is 9.67 Å². The van der Waals surface area contributed by atoms with Gasteiger partial charge in [-0.1, -0.05) is 6.92 Å². The van der Waals surface area contributed by atoms with E-state index in [1.54, 1.807) is 6.33 Å². The summed E-state index contributed by atoms with van der Waals surface area (Å²) in [5.41, 5.74) is 0. The number of rotatable bonds is 4. The molecule has 1 aliphatic rings. The van der Waals surface area contributed by atoms with Crippen LogP contribution in [0, 0.1) is 11.8 Å². The van der Waals surface area contributed by atoms with Crippen LogP contribution in [0.3, 0.4) is 0 Å². The molecule has 3 unspecified atom stereocenters. The van der Waals surface area contributed by atoms with Crippen LogP contribution in [-0.2, 0) is 6.42 Å². The van der Waals surface area contributed by atoms with E-state index in [9.17, 15) is 0 Å². The highest BCUT2D eigenvalue weighted by molar-refractivity contribution is 4.94. The molecule has 0 radical (unpaired) electrons. The lowest BCUT2D eigenvalue weighted by atomic mass is 9.77. The van der Waals surface area contributed by atoms with Crippen molar-refractivity contribution in [3.8, 4) is 0 Å². The molecular weight excluding hydrogens is 224 g/mol. The predicted octanol–water partition coefficient (Wildman–Crippen LogP) is 2.43. The average Bonchev–Trinajstić information content (AvgIpc) is 2.77. The molecule has 1 N–H and O–H groups in total. The smallest absolute Gasteiger partial charge is 0.138 e. The Kier molecular flexibility index (Phi) is 4.38. The molecule has 1 fully saturated rings. The maximum Gasteiger partial charge on any atom is 0.138 e. The van der Waals surface area contributed by atoms with Crippen molar-refractivity contribution in [1.82, 2.24) is 20.1 Å². The van der Waals surface area contributed by atoms with Gasteiger partial charge in [0.15, 0.2) is 0 Å². The molecule has 0 aliphatic heterocycles. The molecular formula is C14H26N4. The Balaban J connectivity index is 2.08. The average molecular weight is 250 g/mol. The van der Waals surface area contributed by atoms with Crippen LogP contribution in [0.4, 0.5) is 0 Å². The summed E-state index contributed by atoms with van der Waals surface area (Å²) in [4.78, 5) is 4.45. The highest BCUT2D eigenvalue weighted by Gasteiger charge is 2.29. The van der Waals surface area contributed by atoms with Crippen LogP contribution in [0.15, 0.2) is 6.33 Å². The van der Waals surface area contributed by atoms with Crippen molar-refractivity contribution >= 4 is 0 Å². The fraction of sp³-hybridized carbons (Fsp3) is 0.857. The van der Waals surface area contributed by atoms with E-state index >= 15 is 0 Å². The topological polar surface area (TPSA) is 42.7 Å². The molecule has 1 saturated carbocycles. The first-order valence-electron chi connectivity index (χ1n) is 7.17. The summed E-state index contributed by atoms with van der Waals surface area (Å²) in [7, 11) is 2.08. The van der Waals surface area contributed by atoms with Crippen LogP contribution in [-0.4, -0.2) is 27.9 Å². The Labute approximate surface area is 110 Å². The maximum absolute atomic E-state index is 4.45. The van der Waals surface area contributed by atoms with Gasteiger partial charge < -0.3 is 5.32 Å². The van der Waals surface area contributed by atoms with Crippen molar-refractivity contribution in [3.05, 3.63) is 12.2 Å². The van der Waals surface area contributed by atoms with Crippen LogP contribution in [0.1, 0.15) is 51.9 Å².